The van der Waals surface area contributed by atoms with E-state index in [0.29, 0.717) is 0 Å². The first kappa shape index (κ1) is 26.4. The van der Waals surface area contributed by atoms with Crippen LogP contribution in [0.1, 0.15) is 138 Å². The molecule has 0 bridgehead atoms. The Kier molecular flexibility index (Phi) is 16.7. The van der Waals surface area contributed by atoms with Gasteiger partial charge in [-0.05, 0) is 0 Å². The molecule has 160 valence electrons. The van der Waals surface area contributed by atoms with Crippen molar-refractivity contribution in [2.75, 3.05) is 6.16 Å². The Hall–Kier alpha value is 0.430. The van der Waals surface area contributed by atoms with Gasteiger partial charge >= 0.3 is 143 Å². The van der Waals surface area contributed by atoms with Crippen molar-refractivity contribution in [2.24, 2.45) is 0 Å². The van der Waals surface area contributed by atoms with Crippen LogP contribution >= 0.6 is 7.26 Å². The van der Waals surface area contributed by atoms with Crippen LogP contribution in [0.5, 0.6) is 0 Å². The summed E-state index contributed by atoms with van der Waals surface area (Å²) in [6, 6.07) is 0. The molecule has 0 radical (unpaired) electrons. The molecule has 0 aliphatic heterocycles. The third-order valence-corrected chi connectivity index (χ3v) is 14.9. The number of unbranched alkanes of at least 4 members (excludes halogenated alkanes) is 13. The van der Waals surface area contributed by atoms with Crippen molar-refractivity contribution >= 4 is 7.26 Å². The summed E-state index contributed by atoms with van der Waals surface area (Å²) >= 11 is 0. The van der Waals surface area contributed by atoms with E-state index in [1.54, 1.807) is 6.16 Å². The molecule has 0 aromatic heterocycles. The molecule has 26 heavy (non-hydrogen) atoms. The minimum absolute atomic E-state index is 0.935. The van der Waals surface area contributed by atoms with Crippen molar-refractivity contribution in [2.45, 2.75) is 155 Å². The summed E-state index contributed by atoms with van der Waals surface area (Å²) in [7, 11) is -1.13. The van der Waals surface area contributed by atoms with Crippen molar-refractivity contribution in [1.82, 2.24) is 0 Å². The van der Waals surface area contributed by atoms with Crippen molar-refractivity contribution in [3.8, 4) is 0 Å². The maximum atomic E-state index is 2.51. The first-order valence-electron chi connectivity index (χ1n) is 12.4. The molecular weight excluding hydrogens is 331 g/mol. The van der Waals surface area contributed by atoms with Crippen LogP contribution in [-0.4, -0.2) is 23.1 Å². The normalized spacial score (nSPS) is 13.3. The Morgan fingerprint density at radius 3 is 0.962 bits per heavy atom. The molecule has 0 heterocycles. The second-order valence-corrected chi connectivity index (χ2v) is 16.1. The molecule has 0 fully saturated rings. The van der Waals surface area contributed by atoms with Crippen molar-refractivity contribution in [1.29, 1.82) is 0 Å². The monoisotopic (exact) mass is 386 g/mol. The Bertz CT molecular complexity index is 271. The van der Waals surface area contributed by atoms with Gasteiger partial charge in [-0.2, -0.15) is 0 Å². The summed E-state index contributed by atoms with van der Waals surface area (Å²) in [5.41, 5.74) is 2.80. The molecule has 0 aliphatic rings. The molecule has 0 saturated carbocycles. The molecule has 0 aliphatic carbocycles. The zero-order chi connectivity index (χ0) is 19.8. The van der Waals surface area contributed by atoms with E-state index in [1.807, 2.05) is 0 Å². The summed E-state index contributed by atoms with van der Waals surface area (Å²) in [5.74, 6) is 0. The van der Waals surface area contributed by atoms with E-state index >= 15 is 0 Å². The molecule has 0 amide bonds. The van der Waals surface area contributed by atoms with Crippen LogP contribution in [0.3, 0.4) is 0 Å². The quantitative estimate of drug-likeness (QED) is 0.162. The summed E-state index contributed by atoms with van der Waals surface area (Å²) < 4.78 is 0. The minimum atomic E-state index is -1.13. The van der Waals surface area contributed by atoms with Gasteiger partial charge in [0.2, 0.25) is 0 Å². The third kappa shape index (κ3) is 10.7. The summed E-state index contributed by atoms with van der Waals surface area (Å²) in [6.45, 7) is 17.4. The van der Waals surface area contributed by atoms with E-state index in [4.69, 9.17) is 0 Å². The first-order chi connectivity index (χ1) is 12.4. The van der Waals surface area contributed by atoms with E-state index in [0.717, 1.165) is 17.0 Å². The first-order valence-corrected chi connectivity index (χ1v) is 14.8. The van der Waals surface area contributed by atoms with E-state index in [9.17, 15) is 0 Å². The van der Waals surface area contributed by atoms with Crippen LogP contribution < -0.4 is 0 Å². The molecule has 0 unspecified atom stereocenters. The van der Waals surface area contributed by atoms with Crippen LogP contribution in [-0.2, 0) is 0 Å². The van der Waals surface area contributed by atoms with Crippen LogP contribution in [0.25, 0.3) is 0 Å². The second-order valence-electron chi connectivity index (χ2n) is 9.92. The topological polar surface area (TPSA) is 0 Å². The number of hydrogen-bond donors (Lipinski definition) is 0. The fourth-order valence-electron chi connectivity index (χ4n) is 5.49. The zero-order valence-corrected chi connectivity index (χ0v) is 20.8. The Balaban J connectivity index is 3.63. The Labute approximate surface area is 169 Å². The van der Waals surface area contributed by atoms with Crippen LogP contribution in [0.15, 0.2) is 0 Å². The molecule has 0 spiro atoms. The van der Waals surface area contributed by atoms with Crippen molar-refractivity contribution < 1.29 is 0 Å². The molecule has 0 aromatic rings. The van der Waals surface area contributed by atoms with Crippen LogP contribution in [0, 0.1) is 0 Å². The zero-order valence-electron chi connectivity index (χ0n) is 19.8. The van der Waals surface area contributed by atoms with Gasteiger partial charge in [-0.3, -0.25) is 0 Å². The number of rotatable bonds is 18. The SMILES string of the molecule is CCCCCCCCCCCCCCCC[PH](C(C)C)(C(C)C)C(C)C. The van der Waals surface area contributed by atoms with Gasteiger partial charge in [0, 0.05) is 0 Å². The van der Waals surface area contributed by atoms with Crippen LogP contribution in [0.4, 0.5) is 0 Å². The van der Waals surface area contributed by atoms with Gasteiger partial charge < -0.3 is 0 Å². The molecule has 1 heteroatoms. The molecule has 0 N–H and O–H groups in total. The summed E-state index contributed by atoms with van der Waals surface area (Å²) in [6.07, 6.45) is 22.2. The standard InChI is InChI=1S/C25H55P/c1-8-9-10-11-12-13-14-15-16-17-18-19-20-21-22-26(23(2)3,24(4)5)25(6)7/h23-26H,8-22H2,1-7H3. The van der Waals surface area contributed by atoms with Crippen molar-refractivity contribution in [3.63, 3.8) is 0 Å². The molecular formula is C25H55P. The van der Waals surface area contributed by atoms with Gasteiger partial charge in [-0.1, -0.05) is 26.2 Å². The summed E-state index contributed by atoms with van der Waals surface area (Å²) in [5, 5.41) is 0. The average Bonchev–Trinajstić information content (AvgIpc) is 2.57. The van der Waals surface area contributed by atoms with Gasteiger partial charge in [0.25, 0.3) is 0 Å². The van der Waals surface area contributed by atoms with E-state index < -0.39 is 7.26 Å². The van der Waals surface area contributed by atoms with Gasteiger partial charge in [0.15, 0.2) is 0 Å². The van der Waals surface area contributed by atoms with Gasteiger partial charge in [0.05, 0.1) is 0 Å². The predicted octanol–water partition coefficient (Wildman–Crippen LogP) is 9.44. The Morgan fingerprint density at radius 2 is 0.692 bits per heavy atom. The molecule has 0 aromatic carbocycles. The average molecular weight is 387 g/mol. The third-order valence-electron chi connectivity index (χ3n) is 7.19. The van der Waals surface area contributed by atoms with Crippen LogP contribution in [0.2, 0.25) is 0 Å². The number of hydrogen-bond acceptors (Lipinski definition) is 0. The maximum absolute atomic E-state index is 2.51. The predicted molar refractivity (Wildman–Crippen MR) is 129 cm³/mol. The molecule has 0 rings (SSSR count). The fourth-order valence-corrected chi connectivity index (χ4v) is 12.1. The van der Waals surface area contributed by atoms with Gasteiger partial charge in [0.1, 0.15) is 0 Å². The van der Waals surface area contributed by atoms with Gasteiger partial charge in [-0.15, -0.1) is 0 Å². The van der Waals surface area contributed by atoms with E-state index in [2.05, 4.69) is 48.5 Å². The second kappa shape index (κ2) is 16.4. The molecule has 0 saturated heterocycles. The molecule has 0 nitrogen and oxygen atoms in total. The van der Waals surface area contributed by atoms with Crippen molar-refractivity contribution in [3.05, 3.63) is 0 Å². The summed E-state index contributed by atoms with van der Waals surface area (Å²) in [4.78, 5) is 0. The van der Waals surface area contributed by atoms with E-state index in [-0.39, 0.29) is 0 Å². The van der Waals surface area contributed by atoms with E-state index in [1.165, 1.54) is 89.9 Å². The fraction of sp³-hybridized carbons (Fsp3) is 1.00. The molecule has 0 atom stereocenters. The van der Waals surface area contributed by atoms with Gasteiger partial charge in [-0.25, -0.2) is 0 Å². The Morgan fingerprint density at radius 1 is 0.423 bits per heavy atom.